The Labute approximate surface area is 234 Å². The first kappa shape index (κ1) is 27.2. The summed E-state index contributed by atoms with van der Waals surface area (Å²) in [6.07, 6.45) is 1.79. The van der Waals surface area contributed by atoms with Gasteiger partial charge in [-0.3, -0.25) is 9.36 Å². The molecule has 194 valence electrons. The molecule has 8 nitrogen and oxygen atoms in total. The summed E-state index contributed by atoms with van der Waals surface area (Å²) in [7, 11) is 4.66. The van der Waals surface area contributed by atoms with Gasteiger partial charge in [-0.1, -0.05) is 17.4 Å². The number of carbonyl (C=O) groups is 1. The summed E-state index contributed by atoms with van der Waals surface area (Å²) in [5.41, 5.74) is 1.95. The van der Waals surface area contributed by atoms with Crippen molar-refractivity contribution in [2.75, 3.05) is 27.9 Å². The predicted molar refractivity (Wildman–Crippen MR) is 148 cm³/mol. The zero-order valence-electron chi connectivity index (χ0n) is 20.8. The molecule has 0 spiro atoms. The number of nitrogens with zero attached hydrogens (tertiary/aromatic N) is 2. The fourth-order valence-electron chi connectivity index (χ4n) is 4.14. The fourth-order valence-corrected chi connectivity index (χ4v) is 6.73. The van der Waals surface area contributed by atoms with Gasteiger partial charge >= 0.3 is 5.97 Å². The van der Waals surface area contributed by atoms with Gasteiger partial charge < -0.3 is 18.9 Å². The van der Waals surface area contributed by atoms with Crippen LogP contribution in [0, 0.1) is 0 Å². The Morgan fingerprint density at radius 3 is 2.35 bits per heavy atom. The Hall–Kier alpha value is -2.89. The van der Waals surface area contributed by atoms with E-state index in [4.69, 9.17) is 18.9 Å². The van der Waals surface area contributed by atoms with E-state index in [9.17, 15) is 9.59 Å². The quantitative estimate of drug-likeness (QED) is 0.353. The zero-order chi connectivity index (χ0) is 26.9. The Bertz CT molecular complexity index is 1570. The lowest BCUT2D eigenvalue weighted by molar-refractivity contribution is -0.139. The van der Waals surface area contributed by atoms with Gasteiger partial charge in [0.2, 0.25) is 0 Å². The smallest absolute Gasteiger partial charge is 0.338 e. The van der Waals surface area contributed by atoms with Crippen molar-refractivity contribution < 1.29 is 23.7 Å². The van der Waals surface area contributed by atoms with Crippen LogP contribution in [0.1, 0.15) is 31.0 Å². The van der Waals surface area contributed by atoms with Crippen LogP contribution >= 0.6 is 43.2 Å². The third-order valence-electron chi connectivity index (χ3n) is 5.76. The fraction of sp³-hybridized carbons (Fsp3) is 0.269. The van der Waals surface area contributed by atoms with E-state index in [1.54, 1.807) is 52.3 Å². The number of esters is 1. The van der Waals surface area contributed by atoms with E-state index in [-0.39, 0.29) is 12.2 Å². The molecule has 1 unspecified atom stereocenters. The number of carbonyl (C=O) groups excluding carboxylic acids is 1. The molecule has 0 bridgehead atoms. The number of thiazole rings is 1. The second kappa shape index (κ2) is 11.2. The molecular weight excluding hydrogens is 628 g/mol. The first-order chi connectivity index (χ1) is 17.7. The number of ether oxygens (including phenoxy) is 4. The highest BCUT2D eigenvalue weighted by molar-refractivity contribution is 9.11. The first-order valence-electron chi connectivity index (χ1n) is 11.2. The summed E-state index contributed by atoms with van der Waals surface area (Å²) in [4.78, 5) is 32.0. The number of fused-ring (bicyclic) bond motifs is 1. The van der Waals surface area contributed by atoms with Gasteiger partial charge in [0.15, 0.2) is 16.3 Å². The third-order valence-corrected chi connectivity index (χ3v) is 7.92. The molecule has 0 N–H and O–H groups in total. The van der Waals surface area contributed by atoms with Crippen LogP contribution in [0.2, 0.25) is 0 Å². The first-order valence-corrected chi connectivity index (χ1v) is 13.6. The molecule has 11 heteroatoms. The van der Waals surface area contributed by atoms with Crippen LogP contribution in [0.25, 0.3) is 6.08 Å². The highest BCUT2D eigenvalue weighted by Crippen LogP contribution is 2.36. The molecule has 0 fully saturated rings. The monoisotopic (exact) mass is 650 g/mol. The number of benzene rings is 2. The molecular formula is C26H24Br2N2O6S. The molecule has 1 aliphatic rings. The van der Waals surface area contributed by atoms with Gasteiger partial charge in [0, 0.05) is 0 Å². The summed E-state index contributed by atoms with van der Waals surface area (Å²) in [6.45, 7) is 3.67. The number of allylic oxidation sites excluding steroid dienone is 1. The Morgan fingerprint density at radius 2 is 1.76 bits per heavy atom. The van der Waals surface area contributed by atoms with Gasteiger partial charge in [-0.25, -0.2) is 9.79 Å². The number of hydrogen-bond acceptors (Lipinski definition) is 8. The number of hydrogen-bond donors (Lipinski definition) is 0. The van der Waals surface area contributed by atoms with Crippen LogP contribution < -0.4 is 29.1 Å². The number of aromatic nitrogens is 1. The minimum Gasteiger partial charge on any atom is -0.494 e. The van der Waals surface area contributed by atoms with Crippen molar-refractivity contribution in [3.8, 4) is 17.2 Å². The Morgan fingerprint density at radius 1 is 1.08 bits per heavy atom. The summed E-state index contributed by atoms with van der Waals surface area (Å²) in [5.74, 6) is 1.14. The normalized spacial score (nSPS) is 15.2. The van der Waals surface area contributed by atoms with E-state index in [1.165, 1.54) is 23.0 Å². The maximum Gasteiger partial charge on any atom is 0.338 e. The van der Waals surface area contributed by atoms with Gasteiger partial charge in [-0.05, 0) is 87.2 Å². The van der Waals surface area contributed by atoms with Gasteiger partial charge in [-0.2, -0.15) is 0 Å². The van der Waals surface area contributed by atoms with Crippen LogP contribution in [0.15, 0.2) is 60.3 Å². The van der Waals surface area contributed by atoms with Crippen LogP contribution in [-0.2, 0) is 9.53 Å². The van der Waals surface area contributed by atoms with Crippen LogP contribution in [0.5, 0.6) is 17.2 Å². The molecule has 1 aliphatic heterocycles. The van der Waals surface area contributed by atoms with Crippen molar-refractivity contribution in [3.63, 3.8) is 0 Å². The second-order valence-corrected chi connectivity index (χ2v) is 10.7. The Balaban J connectivity index is 1.96. The topological polar surface area (TPSA) is 88.4 Å². The highest BCUT2D eigenvalue weighted by Gasteiger charge is 2.34. The highest BCUT2D eigenvalue weighted by atomic mass is 79.9. The number of rotatable bonds is 7. The van der Waals surface area contributed by atoms with E-state index in [0.29, 0.717) is 43.4 Å². The van der Waals surface area contributed by atoms with Crippen molar-refractivity contribution >= 4 is 55.2 Å². The minimum atomic E-state index is -0.758. The lowest BCUT2D eigenvalue weighted by atomic mass is 9.95. The molecule has 3 aromatic rings. The lowest BCUT2D eigenvalue weighted by Gasteiger charge is -2.25. The van der Waals surface area contributed by atoms with Crippen molar-refractivity contribution in [1.29, 1.82) is 0 Å². The van der Waals surface area contributed by atoms with Crippen LogP contribution in [0.3, 0.4) is 0 Å². The SMILES string of the molecule is CCOC(=O)C1=C(C)N=c2sc(=Cc3cc(Br)c(OC)c(Br)c3)c(=O)n2C1c1ccc(OC)c(OC)c1. The average Bonchev–Trinajstić information content (AvgIpc) is 3.16. The van der Waals surface area contributed by atoms with Gasteiger partial charge in [-0.15, -0.1) is 0 Å². The third kappa shape index (κ3) is 5.12. The van der Waals surface area contributed by atoms with Crippen molar-refractivity contribution in [2.45, 2.75) is 19.9 Å². The molecule has 1 aromatic heterocycles. The molecule has 0 saturated heterocycles. The van der Waals surface area contributed by atoms with E-state index in [0.717, 1.165) is 14.5 Å². The maximum atomic E-state index is 13.8. The van der Waals surface area contributed by atoms with Crippen molar-refractivity contribution in [1.82, 2.24) is 4.57 Å². The molecule has 4 rings (SSSR count). The molecule has 0 amide bonds. The molecule has 0 saturated carbocycles. The number of methoxy groups -OCH3 is 3. The zero-order valence-corrected chi connectivity index (χ0v) is 24.7. The summed E-state index contributed by atoms with van der Waals surface area (Å²) < 4.78 is 25.1. The van der Waals surface area contributed by atoms with E-state index in [1.807, 2.05) is 12.1 Å². The minimum absolute atomic E-state index is 0.194. The van der Waals surface area contributed by atoms with Gasteiger partial charge in [0.1, 0.15) is 5.75 Å². The van der Waals surface area contributed by atoms with Crippen LogP contribution in [0.4, 0.5) is 0 Å². The Kier molecular flexibility index (Phi) is 8.25. The molecule has 0 radical (unpaired) electrons. The van der Waals surface area contributed by atoms with Crippen molar-refractivity contribution in [2.24, 2.45) is 4.99 Å². The van der Waals surface area contributed by atoms with Crippen LogP contribution in [-0.4, -0.2) is 38.5 Å². The van der Waals surface area contributed by atoms with Gasteiger partial charge in [0.25, 0.3) is 5.56 Å². The number of halogens is 2. The van der Waals surface area contributed by atoms with E-state index < -0.39 is 12.0 Å². The molecule has 2 heterocycles. The van der Waals surface area contributed by atoms with Gasteiger partial charge in [0.05, 0.1) is 58.7 Å². The molecule has 1 atom stereocenters. The van der Waals surface area contributed by atoms with E-state index in [2.05, 4.69) is 36.9 Å². The standard InChI is InChI=1S/C26H24Br2N2O6S/c1-6-36-25(32)21-13(2)29-26-30(22(21)15-7-8-18(33-3)19(12-15)34-4)24(31)20(37-26)11-14-9-16(27)23(35-5)17(28)10-14/h7-12,22H,6H2,1-5H3. The molecule has 0 aliphatic carbocycles. The summed E-state index contributed by atoms with van der Waals surface area (Å²) in [6, 6.07) is 8.28. The molecule has 2 aromatic carbocycles. The largest absolute Gasteiger partial charge is 0.494 e. The maximum absolute atomic E-state index is 13.8. The van der Waals surface area contributed by atoms with E-state index >= 15 is 0 Å². The summed E-state index contributed by atoms with van der Waals surface area (Å²) in [5, 5.41) is 0. The second-order valence-electron chi connectivity index (χ2n) is 7.93. The molecule has 37 heavy (non-hydrogen) atoms. The van der Waals surface area contributed by atoms with Crippen molar-refractivity contribution in [3.05, 3.63) is 81.4 Å². The summed E-state index contributed by atoms with van der Waals surface area (Å²) >= 11 is 8.26. The predicted octanol–water partition coefficient (Wildman–Crippen LogP) is 4.35. The average molecular weight is 652 g/mol. The lowest BCUT2D eigenvalue weighted by Crippen LogP contribution is -2.40.